The normalized spacial score (nSPS) is 23.7. The van der Waals surface area contributed by atoms with Crippen molar-refractivity contribution in [3.8, 4) is 11.3 Å². The maximum atomic E-state index is 4.40. The molecule has 2 aromatic rings. The van der Waals surface area contributed by atoms with E-state index in [1.807, 2.05) is 43.9 Å². The van der Waals surface area contributed by atoms with Gasteiger partial charge in [-0.15, -0.1) is 10.2 Å². The molecule has 0 radical (unpaired) electrons. The third-order valence-electron chi connectivity index (χ3n) is 6.56. The molecule has 0 bridgehead atoms. The van der Waals surface area contributed by atoms with Crippen molar-refractivity contribution < 1.29 is 0 Å². The van der Waals surface area contributed by atoms with Crippen LogP contribution in [-0.4, -0.2) is 56.8 Å². The van der Waals surface area contributed by atoms with Crippen molar-refractivity contribution in [2.24, 2.45) is 29.8 Å². The molecule has 2 fully saturated rings. The van der Waals surface area contributed by atoms with Crippen molar-refractivity contribution in [3.05, 3.63) is 49.0 Å². The van der Waals surface area contributed by atoms with Crippen molar-refractivity contribution in [3.63, 3.8) is 0 Å². The summed E-state index contributed by atoms with van der Waals surface area (Å²) >= 11 is 0. The molecule has 0 aromatic carbocycles. The van der Waals surface area contributed by atoms with Crippen molar-refractivity contribution in [2.75, 3.05) is 31.5 Å². The summed E-state index contributed by atoms with van der Waals surface area (Å²) in [5.41, 5.74) is 4.94. The van der Waals surface area contributed by atoms with Crippen LogP contribution < -0.4 is 5.32 Å². The van der Waals surface area contributed by atoms with Crippen LogP contribution in [0.15, 0.2) is 48.3 Å². The largest absolute Gasteiger partial charge is 0.368 e. The number of aryl methyl sites for hydroxylation is 2. The van der Waals surface area contributed by atoms with E-state index in [2.05, 4.69) is 43.7 Å². The summed E-state index contributed by atoms with van der Waals surface area (Å²) in [6.45, 7) is 16.0. The molecule has 4 rings (SSSR count). The Labute approximate surface area is 185 Å². The fourth-order valence-electron chi connectivity index (χ4n) is 5.10. The molecule has 1 saturated carbocycles. The maximum Gasteiger partial charge on any atom is 0.148 e. The van der Waals surface area contributed by atoms with Crippen LogP contribution in [0.3, 0.4) is 0 Å². The lowest BCUT2D eigenvalue weighted by molar-refractivity contribution is 0.336. The van der Waals surface area contributed by atoms with Gasteiger partial charge in [0.25, 0.3) is 0 Å². The van der Waals surface area contributed by atoms with E-state index < -0.39 is 0 Å². The highest BCUT2D eigenvalue weighted by atomic mass is 15.3. The Morgan fingerprint density at radius 3 is 2.55 bits per heavy atom. The number of aliphatic imine (C=N–C) groups is 1. The van der Waals surface area contributed by atoms with E-state index in [1.54, 1.807) is 6.20 Å². The molecule has 3 heterocycles. The number of hydrogen-bond donors (Lipinski definition) is 1. The Hall–Kier alpha value is -2.80. The molecule has 1 N–H and O–H groups in total. The average molecular weight is 420 g/mol. The Morgan fingerprint density at radius 2 is 2.00 bits per heavy atom. The summed E-state index contributed by atoms with van der Waals surface area (Å²) < 4.78 is 1.81. The zero-order valence-electron chi connectivity index (χ0n) is 18.9. The lowest BCUT2D eigenvalue weighted by Gasteiger charge is -2.20. The van der Waals surface area contributed by atoms with Crippen LogP contribution >= 0.6 is 0 Å². The van der Waals surface area contributed by atoms with Gasteiger partial charge in [0.05, 0.1) is 17.1 Å². The van der Waals surface area contributed by atoms with E-state index in [0.717, 1.165) is 72.1 Å². The fourth-order valence-corrected chi connectivity index (χ4v) is 5.10. The first kappa shape index (κ1) is 21.4. The Bertz CT molecular complexity index is 958. The van der Waals surface area contributed by atoms with Crippen molar-refractivity contribution >= 4 is 11.5 Å². The number of anilines is 1. The van der Waals surface area contributed by atoms with E-state index in [0.29, 0.717) is 5.92 Å². The van der Waals surface area contributed by atoms with Crippen molar-refractivity contribution in [1.82, 2.24) is 24.9 Å². The summed E-state index contributed by atoms with van der Waals surface area (Å²) in [4.78, 5) is 6.93. The standard InChI is InChI=1S/C24H33N7/c1-6-25-23(16(2)3)15-31-12-19-9-18(10-20(19)13-31)11-26-24-8-7-22(27-28-24)21-14-30(5)29-17(21)4/h6-8,14,18-20H,1-2,9-13,15H2,3-5H3,(H,26,28)/t18?,19-,20+. The van der Waals surface area contributed by atoms with Crippen LogP contribution in [0.2, 0.25) is 0 Å². The van der Waals surface area contributed by atoms with Crippen LogP contribution in [0.1, 0.15) is 25.5 Å². The van der Waals surface area contributed by atoms with Crippen LogP contribution in [-0.2, 0) is 7.05 Å². The lowest BCUT2D eigenvalue weighted by atomic mass is 10.0. The monoisotopic (exact) mass is 419 g/mol. The van der Waals surface area contributed by atoms with Gasteiger partial charge in [0.1, 0.15) is 5.82 Å². The second-order valence-electron chi connectivity index (χ2n) is 9.08. The van der Waals surface area contributed by atoms with Crippen molar-refractivity contribution in [1.29, 1.82) is 0 Å². The summed E-state index contributed by atoms with van der Waals surface area (Å²) in [6.07, 6.45) is 6.15. The maximum absolute atomic E-state index is 4.40. The highest BCUT2D eigenvalue weighted by molar-refractivity contribution is 6.01. The third kappa shape index (κ3) is 4.93. The van der Waals surface area contributed by atoms with E-state index in [1.165, 1.54) is 12.8 Å². The lowest BCUT2D eigenvalue weighted by Crippen LogP contribution is -2.29. The van der Waals surface area contributed by atoms with Gasteiger partial charge in [0.2, 0.25) is 0 Å². The molecule has 3 atom stereocenters. The van der Waals surface area contributed by atoms with E-state index in [-0.39, 0.29) is 0 Å². The van der Waals surface area contributed by atoms with Crippen LogP contribution in [0.25, 0.3) is 11.3 Å². The minimum atomic E-state index is 0.696. The zero-order valence-corrected chi connectivity index (χ0v) is 18.9. The molecular weight excluding hydrogens is 386 g/mol. The van der Waals surface area contributed by atoms with Crippen LogP contribution in [0, 0.1) is 24.7 Å². The van der Waals surface area contributed by atoms with Crippen LogP contribution in [0.5, 0.6) is 0 Å². The molecule has 0 amide bonds. The number of rotatable bonds is 8. The predicted octanol–water partition coefficient (Wildman–Crippen LogP) is 3.72. The number of fused-ring (bicyclic) bond motifs is 1. The van der Waals surface area contributed by atoms with Gasteiger partial charge in [-0.2, -0.15) is 5.10 Å². The predicted molar refractivity (Wildman–Crippen MR) is 126 cm³/mol. The fraction of sp³-hybridized carbons (Fsp3) is 0.500. The second kappa shape index (κ2) is 9.14. The molecule has 164 valence electrons. The van der Waals surface area contributed by atoms with Gasteiger partial charge < -0.3 is 5.32 Å². The number of nitrogens with zero attached hydrogens (tertiary/aromatic N) is 6. The zero-order chi connectivity index (χ0) is 22.0. The second-order valence-corrected chi connectivity index (χ2v) is 9.08. The molecule has 7 heteroatoms. The number of nitrogens with one attached hydrogen (secondary N) is 1. The minimum absolute atomic E-state index is 0.696. The molecule has 2 aliphatic rings. The smallest absolute Gasteiger partial charge is 0.148 e. The third-order valence-corrected chi connectivity index (χ3v) is 6.56. The van der Waals surface area contributed by atoms with Gasteiger partial charge >= 0.3 is 0 Å². The SMILES string of the molecule is C=CN=C(CN1C[C@H]2CC(CNc3ccc(-c4cn(C)nc4C)nn3)C[C@H]2C1)C(=C)C. The van der Waals surface area contributed by atoms with Crippen LogP contribution in [0.4, 0.5) is 5.82 Å². The quantitative estimate of drug-likeness (QED) is 0.661. The molecule has 7 nitrogen and oxygen atoms in total. The number of aromatic nitrogens is 4. The highest BCUT2D eigenvalue weighted by Crippen LogP contribution is 2.41. The van der Waals surface area contributed by atoms with Gasteiger partial charge in [-0.3, -0.25) is 14.6 Å². The van der Waals surface area contributed by atoms with E-state index in [4.69, 9.17) is 0 Å². The molecule has 0 spiro atoms. The van der Waals surface area contributed by atoms with Gasteiger partial charge in [0.15, 0.2) is 0 Å². The van der Waals surface area contributed by atoms with Gasteiger partial charge in [-0.1, -0.05) is 13.2 Å². The molecule has 1 aliphatic heterocycles. The first-order valence-corrected chi connectivity index (χ1v) is 11.1. The van der Waals surface area contributed by atoms with Gasteiger partial charge in [0, 0.05) is 51.2 Å². The topological polar surface area (TPSA) is 71.2 Å². The number of likely N-dealkylation sites (tertiary alicyclic amines) is 1. The average Bonchev–Trinajstić information content (AvgIpc) is 3.38. The molecular formula is C24H33N7. The first-order valence-electron chi connectivity index (χ1n) is 11.1. The minimum Gasteiger partial charge on any atom is -0.368 e. The molecule has 1 unspecified atom stereocenters. The van der Waals surface area contributed by atoms with E-state index >= 15 is 0 Å². The summed E-state index contributed by atoms with van der Waals surface area (Å²) in [7, 11) is 1.92. The van der Waals surface area contributed by atoms with E-state index in [9.17, 15) is 0 Å². The molecule has 31 heavy (non-hydrogen) atoms. The molecule has 2 aromatic heterocycles. The Balaban J connectivity index is 1.26. The first-order chi connectivity index (χ1) is 14.9. The summed E-state index contributed by atoms with van der Waals surface area (Å²) in [5.74, 6) is 3.10. The number of hydrogen-bond acceptors (Lipinski definition) is 6. The Morgan fingerprint density at radius 1 is 1.26 bits per heavy atom. The molecule has 1 aliphatic carbocycles. The Kier molecular flexibility index (Phi) is 6.32. The highest BCUT2D eigenvalue weighted by Gasteiger charge is 2.40. The summed E-state index contributed by atoms with van der Waals surface area (Å²) in [5, 5.41) is 16.7. The van der Waals surface area contributed by atoms with Gasteiger partial charge in [-0.05, 0) is 62.1 Å². The van der Waals surface area contributed by atoms with Gasteiger partial charge in [-0.25, -0.2) is 0 Å². The summed E-state index contributed by atoms with van der Waals surface area (Å²) in [6, 6.07) is 4.04. The molecule has 1 saturated heterocycles. The van der Waals surface area contributed by atoms with Crippen molar-refractivity contribution in [2.45, 2.75) is 26.7 Å².